The minimum absolute atomic E-state index is 0.543. The zero-order chi connectivity index (χ0) is 11.9. The standard InChI is InChI=1S/C14H15N3O/c1-4-11(7-12-8-15-6-5-9(1)12)14-16-13(17-18-14)10-2-3-10/h1,4,7,10,15H,2-3,5-6,8H2. The molecule has 0 unspecified atom stereocenters. The van der Waals surface area contributed by atoms with Crippen LogP contribution in [0.15, 0.2) is 22.7 Å². The lowest BCUT2D eigenvalue weighted by Gasteiger charge is -2.16. The molecule has 92 valence electrons. The highest BCUT2D eigenvalue weighted by Gasteiger charge is 2.29. The van der Waals surface area contributed by atoms with Crippen LogP contribution in [-0.4, -0.2) is 16.7 Å². The lowest BCUT2D eigenvalue weighted by Crippen LogP contribution is -2.23. The van der Waals surface area contributed by atoms with E-state index in [0.29, 0.717) is 11.8 Å². The van der Waals surface area contributed by atoms with E-state index in [1.807, 2.05) is 0 Å². The second kappa shape index (κ2) is 3.92. The van der Waals surface area contributed by atoms with E-state index in [1.165, 1.54) is 24.0 Å². The summed E-state index contributed by atoms with van der Waals surface area (Å²) in [5, 5.41) is 7.45. The van der Waals surface area contributed by atoms with Crippen molar-refractivity contribution < 1.29 is 4.52 Å². The van der Waals surface area contributed by atoms with Gasteiger partial charge in [-0.25, -0.2) is 0 Å². The first kappa shape index (κ1) is 10.3. The Kier molecular flexibility index (Phi) is 2.23. The molecule has 1 fully saturated rings. The molecule has 0 spiro atoms. The Labute approximate surface area is 105 Å². The van der Waals surface area contributed by atoms with Crippen molar-refractivity contribution >= 4 is 0 Å². The first-order valence-corrected chi connectivity index (χ1v) is 6.56. The lowest BCUT2D eigenvalue weighted by molar-refractivity contribution is 0.422. The molecule has 0 bridgehead atoms. The summed E-state index contributed by atoms with van der Waals surface area (Å²) >= 11 is 0. The number of fused-ring (bicyclic) bond motifs is 1. The Bertz CT molecular complexity index is 586. The van der Waals surface area contributed by atoms with Crippen molar-refractivity contribution in [3.63, 3.8) is 0 Å². The van der Waals surface area contributed by atoms with Crippen molar-refractivity contribution in [2.24, 2.45) is 0 Å². The summed E-state index contributed by atoms with van der Waals surface area (Å²) < 4.78 is 5.36. The zero-order valence-corrected chi connectivity index (χ0v) is 10.1. The minimum atomic E-state index is 0.543. The molecule has 18 heavy (non-hydrogen) atoms. The summed E-state index contributed by atoms with van der Waals surface area (Å²) in [5.41, 5.74) is 3.82. The van der Waals surface area contributed by atoms with Crippen molar-refractivity contribution in [3.8, 4) is 11.5 Å². The maximum absolute atomic E-state index is 5.36. The van der Waals surface area contributed by atoms with Gasteiger partial charge in [-0.3, -0.25) is 0 Å². The third-order valence-corrected chi connectivity index (χ3v) is 3.72. The smallest absolute Gasteiger partial charge is 0.257 e. The number of nitrogens with one attached hydrogen (secondary N) is 1. The topological polar surface area (TPSA) is 51.0 Å². The molecule has 4 heteroatoms. The monoisotopic (exact) mass is 241 g/mol. The highest BCUT2D eigenvalue weighted by atomic mass is 16.5. The van der Waals surface area contributed by atoms with Crippen molar-refractivity contribution in [2.75, 3.05) is 6.54 Å². The minimum Gasteiger partial charge on any atom is -0.334 e. The molecule has 0 amide bonds. The Hall–Kier alpha value is -1.68. The van der Waals surface area contributed by atoms with E-state index in [4.69, 9.17) is 4.52 Å². The van der Waals surface area contributed by atoms with Crippen LogP contribution in [0.4, 0.5) is 0 Å². The second-order valence-corrected chi connectivity index (χ2v) is 5.14. The third-order valence-electron chi connectivity index (χ3n) is 3.72. The van der Waals surface area contributed by atoms with Gasteiger partial charge in [0.05, 0.1) is 0 Å². The Morgan fingerprint density at radius 2 is 2.17 bits per heavy atom. The number of rotatable bonds is 2. The highest BCUT2D eigenvalue weighted by Crippen LogP contribution is 2.39. The van der Waals surface area contributed by atoms with Crippen LogP contribution in [-0.2, 0) is 13.0 Å². The molecule has 4 rings (SSSR count). The van der Waals surface area contributed by atoms with Gasteiger partial charge in [-0.15, -0.1) is 0 Å². The summed E-state index contributed by atoms with van der Waals surface area (Å²) in [6.45, 7) is 2.01. The number of aromatic nitrogens is 2. The molecular formula is C14H15N3O. The van der Waals surface area contributed by atoms with Crippen molar-refractivity contribution in [1.29, 1.82) is 0 Å². The maximum atomic E-state index is 5.36. The van der Waals surface area contributed by atoms with Gasteiger partial charge in [-0.1, -0.05) is 11.2 Å². The van der Waals surface area contributed by atoms with Gasteiger partial charge in [0, 0.05) is 18.0 Å². The average Bonchev–Trinajstić information content (AvgIpc) is 3.16. The van der Waals surface area contributed by atoms with Crippen LogP contribution in [0.1, 0.15) is 35.7 Å². The van der Waals surface area contributed by atoms with Crippen molar-refractivity contribution in [2.45, 2.75) is 31.7 Å². The highest BCUT2D eigenvalue weighted by molar-refractivity contribution is 5.56. The van der Waals surface area contributed by atoms with E-state index in [2.05, 4.69) is 33.7 Å². The van der Waals surface area contributed by atoms with Gasteiger partial charge in [-0.05, 0) is 49.1 Å². The SMILES string of the molecule is c1cc2c(cc1-c1nc(C3CC3)no1)CNCC2. The molecule has 1 aliphatic heterocycles. The second-order valence-electron chi connectivity index (χ2n) is 5.14. The molecule has 0 saturated heterocycles. The number of nitrogens with zero attached hydrogens (tertiary/aromatic N) is 2. The molecule has 1 aliphatic carbocycles. The number of benzene rings is 1. The quantitative estimate of drug-likeness (QED) is 0.876. The predicted octanol–water partition coefficient (Wildman–Crippen LogP) is 2.26. The van der Waals surface area contributed by atoms with Crippen LogP contribution < -0.4 is 5.32 Å². The van der Waals surface area contributed by atoms with Gasteiger partial charge in [0.15, 0.2) is 5.82 Å². The molecule has 2 aromatic rings. The van der Waals surface area contributed by atoms with E-state index in [0.717, 1.165) is 30.9 Å². The van der Waals surface area contributed by atoms with Gasteiger partial charge in [0.2, 0.25) is 0 Å². The molecule has 2 aliphatic rings. The maximum Gasteiger partial charge on any atom is 0.257 e. The molecule has 2 heterocycles. The summed E-state index contributed by atoms with van der Waals surface area (Å²) in [4.78, 5) is 4.49. The molecule has 1 N–H and O–H groups in total. The summed E-state index contributed by atoms with van der Waals surface area (Å²) in [6.07, 6.45) is 3.51. The molecule has 4 nitrogen and oxygen atoms in total. The number of hydrogen-bond acceptors (Lipinski definition) is 4. The van der Waals surface area contributed by atoms with Crippen LogP contribution in [0.3, 0.4) is 0 Å². The van der Waals surface area contributed by atoms with Gasteiger partial charge >= 0.3 is 0 Å². The van der Waals surface area contributed by atoms with Crippen LogP contribution in [0.5, 0.6) is 0 Å². The summed E-state index contributed by atoms with van der Waals surface area (Å²) in [5.74, 6) is 2.08. The van der Waals surface area contributed by atoms with Gasteiger partial charge in [0.1, 0.15) is 0 Å². The Morgan fingerprint density at radius 3 is 3.06 bits per heavy atom. The lowest BCUT2D eigenvalue weighted by atomic mass is 9.98. The van der Waals surface area contributed by atoms with Gasteiger partial charge in [0.25, 0.3) is 5.89 Å². The molecule has 0 atom stereocenters. The van der Waals surface area contributed by atoms with Gasteiger partial charge < -0.3 is 9.84 Å². The first-order valence-electron chi connectivity index (χ1n) is 6.56. The zero-order valence-electron chi connectivity index (χ0n) is 10.1. The van der Waals surface area contributed by atoms with Gasteiger partial charge in [-0.2, -0.15) is 4.98 Å². The largest absolute Gasteiger partial charge is 0.334 e. The van der Waals surface area contributed by atoms with E-state index in [1.54, 1.807) is 0 Å². The van der Waals surface area contributed by atoms with Crippen LogP contribution in [0, 0.1) is 0 Å². The fourth-order valence-electron chi connectivity index (χ4n) is 2.47. The fourth-order valence-corrected chi connectivity index (χ4v) is 2.47. The van der Waals surface area contributed by atoms with Crippen LogP contribution >= 0.6 is 0 Å². The van der Waals surface area contributed by atoms with E-state index < -0.39 is 0 Å². The molecule has 1 saturated carbocycles. The molecule has 1 aromatic carbocycles. The Morgan fingerprint density at radius 1 is 1.22 bits per heavy atom. The van der Waals surface area contributed by atoms with Crippen LogP contribution in [0.2, 0.25) is 0 Å². The molecular weight excluding hydrogens is 226 g/mol. The third kappa shape index (κ3) is 1.73. The molecule has 0 radical (unpaired) electrons. The van der Waals surface area contributed by atoms with Crippen LogP contribution in [0.25, 0.3) is 11.5 Å². The normalized spacial score (nSPS) is 18.7. The van der Waals surface area contributed by atoms with E-state index in [9.17, 15) is 0 Å². The predicted molar refractivity (Wildman–Crippen MR) is 67.1 cm³/mol. The Balaban J connectivity index is 1.70. The van der Waals surface area contributed by atoms with Crippen molar-refractivity contribution in [1.82, 2.24) is 15.5 Å². The first-order chi connectivity index (χ1) is 8.90. The summed E-state index contributed by atoms with van der Waals surface area (Å²) in [6, 6.07) is 6.45. The van der Waals surface area contributed by atoms with E-state index in [-0.39, 0.29) is 0 Å². The van der Waals surface area contributed by atoms with E-state index >= 15 is 0 Å². The fraction of sp³-hybridized carbons (Fsp3) is 0.429. The number of hydrogen-bond donors (Lipinski definition) is 1. The summed E-state index contributed by atoms with van der Waals surface area (Å²) in [7, 11) is 0. The van der Waals surface area contributed by atoms with Crippen molar-refractivity contribution in [3.05, 3.63) is 35.2 Å². The molecule has 1 aromatic heterocycles. The average molecular weight is 241 g/mol.